The zero-order valence-electron chi connectivity index (χ0n) is 18.9. The number of ether oxygens (including phenoxy) is 2. The van der Waals surface area contributed by atoms with E-state index < -0.39 is 12.3 Å². The molecule has 1 aliphatic rings. The molecule has 0 spiro atoms. The van der Waals surface area contributed by atoms with Gasteiger partial charge in [0.1, 0.15) is 17.6 Å². The molecule has 1 N–H and O–H groups in total. The molecule has 2 unspecified atom stereocenters. The van der Waals surface area contributed by atoms with Crippen LogP contribution in [0.15, 0.2) is 66.7 Å². The van der Waals surface area contributed by atoms with Crippen molar-refractivity contribution < 1.29 is 32.5 Å². The minimum absolute atomic E-state index is 0.0663. The van der Waals surface area contributed by atoms with Gasteiger partial charge in [0.05, 0.1) is 12.3 Å². The number of alkyl halides is 3. The summed E-state index contributed by atoms with van der Waals surface area (Å²) >= 11 is 0. The summed E-state index contributed by atoms with van der Waals surface area (Å²) in [4.78, 5) is 11.1. The van der Waals surface area contributed by atoms with Crippen molar-refractivity contribution in [1.82, 2.24) is 0 Å². The van der Waals surface area contributed by atoms with Gasteiger partial charge in [0.25, 0.3) is 0 Å². The number of hydrogen-bond donors (Lipinski definition) is 1. The molecule has 0 aromatic heterocycles. The summed E-state index contributed by atoms with van der Waals surface area (Å²) in [5.74, 6) is 4.85. The first-order valence-corrected chi connectivity index (χ1v) is 11.1. The number of hydrogen-bond acceptors (Lipinski definition) is 3. The molecule has 4 nitrogen and oxygen atoms in total. The maximum Gasteiger partial charge on any atom is 0.573 e. The summed E-state index contributed by atoms with van der Waals surface area (Å²) in [6, 6.07) is 19.1. The Morgan fingerprint density at radius 3 is 2.37 bits per heavy atom. The molecule has 2 atom stereocenters. The maximum absolute atomic E-state index is 12.4. The third-order valence-corrected chi connectivity index (χ3v) is 5.87. The second kappa shape index (κ2) is 10.1. The molecule has 1 aliphatic carbocycles. The van der Waals surface area contributed by atoms with Crippen LogP contribution in [0.25, 0.3) is 11.1 Å². The molecule has 0 radical (unpaired) electrons. The smallest absolute Gasteiger partial charge is 0.486 e. The van der Waals surface area contributed by atoms with Crippen LogP contribution in [0.5, 0.6) is 11.5 Å². The molecule has 180 valence electrons. The van der Waals surface area contributed by atoms with Crippen LogP contribution in [0.3, 0.4) is 0 Å². The molecule has 35 heavy (non-hydrogen) atoms. The predicted octanol–water partition coefficient (Wildman–Crippen LogP) is 6.90. The van der Waals surface area contributed by atoms with Crippen molar-refractivity contribution >= 4 is 5.97 Å². The Kier molecular flexibility index (Phi) is 7.02. The summed E-state index contributed by atoms with van der Waals surface area (Å²) in [6.45, 7) is 1.68. The Morgan fingerprint density at radius 1 is 1.06 bits per heavy atom. The van der Waals surface area contributed by atoms with E-state index in [4.69, 9.17) is 9.84 Å². The Morgan fingerprint density at radius 2 is 1.74 bits per heavy atom. The molecule has 4 rings (SSSR count). The SMILES string of the molecule is CC#CC(CC(=O)O)c1ccc(OC2CCc3c(-c4ccc(OC(F)(F)F)cc4)cccc32)cc1. The lowest BCUT2D eigenvalue weighted by Crippen LogP contribution is -2.16. The zero-order chi connectivity index (χ0) is 25.0. The second-order valence-electron chi connectivity index (χ2n) is 8.20. The fourth-order valence-corrected chi connectivity index (χ4v) is 4.39. The van der Waals surface area contributed by atoms with E-state index in [0.717, 1.165) is 40.7 Å². The van der Waals surface area contributed by atoms with Gasteiger partial charge in [0, 0.05) is 0 Å². The second-order valence-corrected chi connectivity index (χ2v) is 8.20. The molecule has 0 saturated heterocycles. The summed E-state index contributed by atoms with van der Waals surface area (Å²) in [5, 5.41) is 9.13. The number of aliphatic carboxylic acids is 1. The van der Waals surface area contributed by atoms with Crippen LogP contribution >= 0.6 is 0 Å². The van der Waals surface area contributed by atoms with Gasteiger partial charge in [0.15, 0.2) is 0 Å². The molecule has 3 aromatic carbocycles. The Labute approximate surface area is 201 Å². The standard InChI is InChI=1S/C28H23F3O4/c1-2-4-20(17-27(32)33)18-7-11-21(12-8-18)34-26-16-15-24-23(5-3-6-25(24)26)19-9-13-22(14-10-19)35-28(29,30)31/h3,5-14,20,26H,15-17H2,1H3,(H,32,33). The van der Waals surface area contributed by atoms with Gasteiger partial charge in [-0.1, -0.05) is 48.4 Å². The van der Waals surface area contributed by atoms with Crippen LogP contribution in [-0.4, -0.2) is 17.4 Å². The number of fused-ring (bicyclic) bond motifs is 1. The van der Waals surface area contributed by atoms with E-state index in [9.17, 15) is 18.0 Å². The molecule has 0 fully saturated rings. The number of carboxylic acids is 1. The van der Waals surface area contributed by atoms with Gasteiger partial charge in [-0.2, -0.15) is 0 Å². The largest absolute Gasteiger partial charge is 0.573 e. The van der Waals surface area contributed by atoms with Gasteiger partial charge in [-0.25, -0.2) is 0 Å². The summed E-state index contributed by atoms with van der Waals surface area (Å²) < 4.78 is 47.6. The first kappa shape index (κ1) is 24.2. The normalized spacial score (nSPS) is 15.5. The highest BCUT2D eigenvalue weighted by molar-refractivity contribution is 5.70. The van der Waals surface area contributed by atoms with Crippen molar-refractivity contribution in [2.24, 2.45) is 0 Å². The van der Waals surface area contributed by atoms with Gasteiger partial charge >= 0.3 is 12.3 Å². The highest BCUT2D eigenvalue weighted by Gasteiger charge is 2.31. The molecular weight excluding hydrogens is 457 g/mol. The molecule has 3 aromatic rings. The van der Waals surface area contributed by atoms with Crippen molar-refractivity contribution in [3.05, 3.63) is 83.4 Å². The quantitative estimate of drug-likeness (QED) is 0.374. The van der Waals surface area contributed by atoms with Gasteiger partial charge in [0.2, 0.25) is 0 Å². The number of rotatable bonds is 7. The summed E-state index contributed by atoms with van der Waals surface area (Å²) in [6.07, 6.45) is -3.40. The third kappa shape index (κ3) is 5.96. The fourth-order valence-electron chi connectivity index (χ4n) is 4.39. The molecular formula is C28H23F3O4. The minimum Gasteiger partial charge on any atom is -0.486 e. The zero-order valence-corrected chi connectivity index (χ0v) is 18.9. The third-order valence-electron chi connectivity index (χ3n) is 5.87. The molecule has 7 heteroatoms. The first-order valence-electron chi connectivity index (χ1n) is 11.1. The van der Waals surface area contributed by atoms with Gasteiger partial charge in [-0.3, -0.25) is 4.79 Å². The van der Waals surface area contributed by atoms with E-state index >= 15 is 0 Å². The molecule has 0 amide bonds. The Hall–Kier alpha value is -3.92. The highest BCUT2D eigenvalue weighted by Crippen LogP contribution is 2.40. The van der Waals surface area contributed by atoms with Crippen LogP contribution in [0, 0.1) is 11.8 Å². The predicted molar refractivity (Wildman–Crippen MR) is 125 cm³/mol. The van der Waals surface area contributed by atoms with Crippen LogP contribution in [0.4, 0.5) is 13.2 Å². The monoisotopic (exact) mass is 480 g/mol. The topological polar surface area (TPSA) is 55.8 Å². The van der Waals surface area contributed by atoms with Gasteiger partial charge in [-0.05, 0) is 71.8 Å². The lowest BCUT2D eigenvalue weighted by atomic mass is 9.96. The van der Waals surface area contributed by atoms with E-state index in [1.807, 2.05) is 42.5 Å². The van der Waals surface area contributed by atoms with E-state index in [1.165, 1.54) is 12.1 Å². The van der Waals surface area contributed by atoms with Crippen LogP contribution in [-0.2, 0) is 11.2 Å². The van der Waals surface area contributed by atoms with Crippen LogP contribution in [0.2, 0.25) is 0 Å². The summed E-state index contributed by atoms with van der Waals surface area (Å²) in [7, 11) is 0. The highest BCUT2D eigenvalue weighted by atomic mass is 19.4. The van der Waals surface area contributed by atoms with Crippen molar-refractivity contribution in [2.75, 3.05) is 0 Å². The van der Waals surface area contributed by atoms with Crippen LogP contribution in [0.1, 0.15) is 48.5 Å². The van der Waals surface area contributed by atoms with Gasteiger partial charge in [-0.15, -0.1) is 19.1 Å². The van der Waals surface area contributed by atoms with E-state index in [-0.39, 0.29) is 24.2 Å². The first-order chi connectivity index (χ1) is 16.7. The number of carboxylic acid groups (broad SMARTS) is 1. The summed E-state index contributed by atoms with van der Waals surface area (Å²) in [5.41, 5.74) is 4.74. The molecule has 0 saturated carbocycles. The van der Waals surface area contributed by atoms with Crippen molar-refractivity contribution in [2.45, 2.75) is 44.6 Å². The molecule has 0 heterocycles. The fraction of sp³-hybridized carbons (Fsp3) is 0.250. The average Bonchev–Trinajstić information content (AvgIpc) is 3.21. The number of benzene rings is 3. The van der Waals surface area contributed by atoms with Crippen molar-refractivity contribution in [1.29, 1.82) is 0 Å². The van der Waals surface area contributed by atoms with Crippen molar-refractivity contribution in [3.63, 3.8) is 0 Å². The van der Waals surface area contributed by atoms with Gasteiger partial charge < -0.3 is 14.6 Å². The molecule has 0 aliphatic heterocycles. The van der Waals surface area contributed by atoms with E-state index in [1.54, 1.807) is 19.1 Å². The van der Waals surface area contributed by atoms with E-state index in [0.29, 0.717) is 5.75 Å². The molecule has 0 bridgehead atoms. The Bertz CT molecular complexity index is 1250. The Balaban J connectivity index is 1.50. The number of carbonyl (C=O) groups is 1. The average molecular weight is 480 g/mol. The number of halogens is 3. The van der Waals surface area contributed by atoms with Crippen LogP contribution < -0.4 is 9.47 Å². The lowest BCUT2D eigenvalue weighted by molar-refractivity contribution is -0.274. The maximum atomic E-state index is 12.4. The minimum atomic E-state index is -4.72. The van der Waals surface area contributed by atoms with E-state index in [2.05, 4.69) is 16.6 Å². The van der Waals surface area contributed by atoms with Crippen molar-refractivity contribution in [3.8, 4) is 34.5 Å². The lowest BCUT2D eigenvalue weighted by Gasteiger charge is -2.17.